The highest BCUT2D eigenvalue weighted by atomic mass is 16.8. The molecule has 0 aromatic rings. The van der Waals surface area contributed by atoms with Gasteiger partial charge in [0.2, 0.25) is 0 Å². The molecule has 1 saturated heterocycles. The van der Waals surface area contributed by atoms with Crippen LogP contribution in [0.4, 0.5) is 0 Å². The van der Waals surface area contributed by atoms with Crippen molar-refractivity contribution in [2.45, 2.75) is 45.2 Å². The van der Waals surface area contributed by atoms with Crippen LogP contribution in [0.25, 0.3) is 0 Å². The number of ether oxygens (including phenoxy) is 3. The van der Waals surface area contributed by atoms with Gasteiger partial charge in [-0.15, -0.1) is 0 Å². The first kappa shape index (κ1) is 12.6. The topological polar surface area (TPSA) is 44.8 Å². The summed E-state index contributed by atoms with van der Waals surface area (Å²) in [5, 5.41) is 0. The second-order valence-corrected chi connectivity index (χ2v) is 3.98. The minimum Gasteiger partial charge on any atom is -0.356 e. The molecule has 88 valence electrons. The second-order valence-electron chi connectivity index (χ2n) is 3.98. The Balaban J connectivity index is 2.40. The van der Waals surface area contributed by atoms with Crippen molar-refractivity contribution in [2.24, 2.45) is 5.92 Å². The molecule has 3 unspecified atom stereocenters. The smallest absolute Gasteiger partial charge is 0.163 e. The summed E-state index contributed by atoms with van der Waals surface area (Å²) in [6.45, 7) is 1.61. The maximum Gasteiger partial charge on any atom is 0.163 e. The van der Waals surface area contributed by atoms with E-state index in [1.807, 2.05) is 0 Å². The van der Waals surface area contributed by atoms with E-state index in [2.05, 4.69) is 0 Å². The van der Waals surface area contributed by atoms with E-state index in [4.69, 9.17) is 14.2 Å². The summed E-state index contributed by atoms with van der Waals surface area (Å²) in [5.74, 6) is 0.531. The Morgan fingerprint density at radius 1 is 1.33 bits per heavy atom. The molecule has 0 aromatic heterocycles. The van der Waals surface area contributed by atoms with Crippen molar-refractivity contribution in [1.82, 2.24) is 0 Å². The highest BCUT2D eigenvalue weighted by Crippen LogP contribution is 2.29. The molecule has 1 aliphatic heterocycles. The molecular formula is C11H20O4. The van der Waals surface area contributed by atoms with Crippen molar-refractivity contribution >= 4 is 5.78 Å². The van der Waals surface area contributed by atoms with E-state index in [1.54, 1.807) is 21.1 Å². The Bertz CT molecular complexity index is 205. The molecule has 1 aliphatic rings. The van der Waals surface area contributed by atoms with Gasteiger partial charge in [-0.25, -0.2) is 0 Å². The van der Waals surface area contributed by atoms with E-state index in [9.17, 15) is 4.79 Å². The molecule has 4 nitrogen and oxygen atoms in total. The molecule has 0 amide bonds. The molecule has 15 heavy (non-hydrogen) atoms. The third kappa shape index (κ3) is 3.89. The fourth-order valence-corrected chi connectivity index (χ4v) is 1.91. The SMILES string of the molecule is COC1CCC(CCC(C)=O)C(OC)O1. The Kier molecular flexibility index (Phi) is 5.22. The van der Waals surface area contributed by atoms with Gasteiger partial charge in [0, 0.05) is 26.6 Å². The van der Waals surface area contributed by atoms with Crippen LogP contribution < -0.4 is 0 Å². The van der Waals surface area contributed by atoms with E-state index in [-0.39, 0.29) is 18.4 Å². The lowest BCUT2D eigenvalue weighted by Gasteiger charge is -2.34. The first-order valence-electron chi connectivity index (χ1n) is 5.38. The van der Waals surface area contributed by atoms with Crippen LogP contribution in [-0.4, -0.2) is 32.6 Å². The highest BCUT2D eigenvalue weighted by molar-refractivity contribution is 5.75. The predicted molar refractivity (Wildman–Crippen MR) is 55.3 cm³/mol. The minimum absolute atomic E-state index is 0.163. The van der Waals surface area contributed by atoms with E-state index in [0.717, 1.165) is 19.3 Å². The van der Waals surface area contributed by atoms with Gasteiger partial charge in [-0.1, -0.05) is 0 Å². The van der Waals surface area contributed by atoms with Crippen LogP contribution in [0.5, 0.6) is 0 Å². The number of carbonyl (C=O) groups excluding carboxylic acids is 1. The molecule has 4 heteroatoms. The summed E-state index contributed by atoms with van der Waals surface area (Å²) in [6, 6.07) is 0. The molecule has 1 fully saturated rings. The fraction of sp³-hybridized carbons (Fsp3) is 0.909. The lowest BCUT2D eigenvalue weighted by molar-refractivity contribution is -0.273. The number of methoxy groups -OCH3 is 2. The average Bonchev–Trinajstić information content (AvgIpc) is 2.25. The van der Waals surface area contributed by atoms with Crippen molar-refractivity contribution in [3.8, 4) is 0 Å². The molecule has 1 rings (SSSR count). The Labute approximate surface area is 90.9 Å². The number of hydrogen-bond acceptors (Lipinski definition) is 4. The quantitative estimate of drug-likeness (QED) is 0.702. The van der Waals surface area contributed by atoms with Crippen LogP contribution in [0, 0.1) is 5.92 Å². The third-order valence-electron chi connectivity index (χ3n) is 2.81. The van der Waals surface area contributed by atoms with Crippen molar-refractivity contribution in [1.29, 1.82) is 0 Å². The van der Waals surface area contributed by atoms with Gasteiger partial charge in [-0.2, -0.15) is 0 Å². The van der Waals surface area contributed by atoms with Crippen LogP contribution in [0.1, 0.15) is 32.6 Å². The van der Waals surface area contributed by atoms with Gasteiger partial charge in [0.25, 0.3) is 0 Å². The van der Waals surface area contributed by atoms with Gasteiger partial charge >= 0.3 is 0 Å². The number of Topliss-reactive ketones (excluding diaryl/α,β-unsaturated/α-hetero) is 1. The first-order valence-corrected chi connectivity index (χ1v) is 5.38. The molecule has 0 spiro atoms. The molecule has 3 atom stereocenters. The summed E-state index contributed by atoms with van der Waals surface area (Å²) in [5.41, 5.74) is 0. The minimum atomic E-state index is -0.233. The largest absolute Gasteiger partial charge is 0.356 e. The summed E-state index contributed by atoms with van der Waals surface area (Å²) < 4.78 is 16.0. The molecule has 0 saturated carbocycles. The van der Waals surface area contributed by atoms with E-state index in [0.29, 0.717) is 12.3 Å². The molecule has 0 aliphatic carbocycles. The zero-order valence-electron chi connectivity index (χ0n) is 9.69. The molecule has 0 bridgehead atoms. The summed E-state index contributed by atoms with van der Waals surface area (Å²) in [6.07, 6.45) is 2.91. The molecule has 1 heterocycles. The van der Waals surface area contributed by atoms with Crippen LogP contribution in [0.2, 0.25) is 0 Å². The van der Waals surface area contributed by atoms with Gasteiger partial charge in [-0.3, -0.25) is 0 Å². The number of hydrogen-bond donors (Lipinski definition) is 0. The van der Waals surface area contributed by atoms with Gasteiger partial charge in [-0.05, 0) is 26.2 Å². The van der Waals surface area contributed by atoms with Crippen LogP contribution >= 0.6 is 0 Å². The van der Waals surface area contributed by atoms with E-state index >= 15 is 0 Å². The van der Waals surface area contributed by atoms with Crippen molar-refractivity contribution in [3.05, 3.63) is 0 Å². The molecule has 0 radical (unpaired) electrons. The number of rotatable bonds is 5. The summed E-state index contributed by atoms with van der Waals surface area (Å²) in [4.78, 5) is 10.9. The van der Waals surface area contributed by atoms with Crippen LogP contribution in [0.3, 0.4) is 0 Å². The van der Waals surface area contributed by atoms with Crippen molar-refractivity contribution < 1.29 is 19.0 Å². The van der Waals surface area contributed by atoms with E-state index < -0.39 is 0 Å². The maximum atomic E-state index is 10.9. The molecular weight excluding hydrogens is 196 g/mol. The zero-order valence-corrected chi connectivity index (χ0v) is 9.69. The molecule has 0 aromatic carbocycles. The fourth-order valence-electron chi connectivity index (χ4n) is 1.91. The normalized spacial score (nSPS) is 31.5. The Hall–Kier alpha value is -0.450. The molecule has 0 N–H and O–H groups in total. The standard InChI is InChI=1S/C11H20O4/c1-8(12)4-5-9-6-7-10(13-2)15-11(9)14-3/h9-11H,4-7H2,1-3H3. The maximum absolute atomic E-state index is 10.9. The van der Waals surface area contributed by atoms with Gasteiger partial charge in [0.15, 0.2) is 12.6 Å². The Morgan fingerprint density at radius 2 is 2.07 bits per heavy atom. The van der Waals surface area contributed by atoms with Gasteiger partial charge in [0.05, 0.1) is 0 Å². The van der Waals surface area contributed by atoms with E-state index in [1.165, 1.54) is 0 Å². The number of carbonyl (C=O) groups is 1. The van der Waals surface area contributed by atoms with Gasteiger partial charge < -0.3 is 19.0 Å². The summed E-state index contributed by atoms with van der Waals surface area (Å²) >= 11 is 0. The average molecular weight is 216 g/mol. The zero-order chi connectivity index (χ0) is 11.3. The monoisotopic (exact) mass is 216 g/mol. The van der Waals surface area contributed by atoms with Gasteiger partial charge in [0.1, 0.15) is 5.78 Å². The Morgan fingerprint density at radius 3 is 2.60 bits per heavy atom. The lowest BCUT2D eigenvalue weighted by Crippen LogP contribution is -2.37. The second kappa shape index (κ2) is 6.20. The van der Waals surface area contributed by atoms with Crippen molar-refractivity contribution in [2.75, 3.05) is 14.2 Å². The highest BCUT2D eigenvalue weighted by Gasteiger charge is 2.31. The third-order valence-corrected chi connectivity index (χ3v) is 2.81. The lowest BCUT2D eigenvalue weighted by atomic mass is 9.93. The summed E-state index contributed by atoms with van der Waals surface area (Å²) in [7, 11) is 3.26. The first-order chi connectivity index (χ1) is 7.17. The van der Waals surface area contributed by atoms with Crippen molar-refractivity contribution in [3.63, 3.8) is 0 Å². The van der Waals surface area contributed by atoms with Crippen LogP contribution in [0.15, 0.2) is 0 Å². The predicted octanol–water partition coefficient (Wildman–Crippen LogP) is 1.73. The van der Waals surface area contributed by atoms with Crippen LogP contribution in [-0.2, 0) is 19.0 Å². The number of ketones is 1.